The summed E-state index contributed by atoms with van der Waals surface area (Å²) in [7, 11) is 0. The summed E-state index contributed by atoms with van der Waals surface area (Å²) >= 11 is 0. The SMILES string of the molecule is Nc1ncnc(N2CCN(C(=O)Nc3ccc(OC4CCC4)nc3)CC2)c1C=O. The number of urea groups is 1. The van der Waals surface area contributed by atoms with Gasteiger partial charge in [-0.2, -0.15) is 0 Å². The number of piperazine rings is 1. The van der Waals surface area contributed by atoms with E-state index in [0.717, 1.165) is 12.8 Å². The number of hydrogen-bond donors (Lipinski definition) is 2. The van der Waals surface area contributed by atoms with Gasteiger partial charge in [-0.15, -0.1) is 0 Å². The molecule has 2 fully saturated rings. The number of aromatic nitrogens is 3. The average Bonchev–Trinajstić information content (AvgIpc) is 2.72. The second kappa shape index (κ2) is 8.29. The van der Waals surface area contributed by atoms with E-state index in [1.807, 2.05) is 4.90 Å². The Morgan fingerprint density at radius 2 is 1.97 bits per heavy atom. The molecule has 3 heterocycles. The van der Waals surface area contributed by atoms with Crippen LogP contribution in [0.2, 0.25) is 0 Å². The molecule has 0 bridgehead atoms. The predicted molar refractivity (Wildman–Crippen MR) is 107 cm³/mol. The smallest absolute Gasteiger partial charge is 0.322 e. The Hall–Kier alpha value is -3.43. The number of nitrogens with one attached hydrogen (secondary N) is 1. The molecule has 152 valence electrons. The summed E-state index contributed by atoms with van der Waals surface area (Å²) in [6.07, 6.45) is 7.21. The number of amides is 2. The lowest BCUT2D eigenvalue weighted by Gasteiger charge is -2.35. The van der Waals surface area contributed by atoms with Crippen molar-refractivity contribution < 1.29 is 14.3 Å². The monoisotopic (exact) mass is 397 g/mol. The van der Waals surface area contributed by atoms with Crippen LogP contribution in [-0.4, -0.2) is 64.5 Å². The third-order valence-corrected chi connectivity index (χ3v) is 5.21. The molecule has 10 nitrogen and oxygen atoms in total. The lowest BCUT2D eigenvalue weighted by atomic mass is 9.96. The van der Waals surface area contributed by atoms with Gasteiger partial charge in [0.15, 0.2) is 6.29 Å². The van der Waals surface area contributed by atoms with Crippen molar-refractivity contribution in [2.75, 3.05) is 42.1 Å². The standard InChI is InChI=1S/C19H23N7O3/c20-17-15(11-27)18(23-12-22-17)25-6-8-26(9-7-25)19(28)24-13-4-5-16(21-10-13)29-14-2-1-3-14/h4-5,10-12,14H,1-3,6-9H2,(H,24,28)(H2,20,22,23). The van der Waals surface area contributed by atoms with Crippen molar-refractivity contribution in [3.05, 3.63) is 30.2 Å². The molecule has 0 aromatic carbocycles. The predicted octanol–water partition coefficient (Wildman–Crippen LogP) is 1.55. The van der Waals surface area contributed by atoms with Crippen LogP contribution < -0.4 is 20.7 Å². The van der Waals surface area contributed by atoms with Crippen LogP contribution in [0.4, 0.5) is 22.1 Å². The summed E-state index contributed by atoms with van der Waals surface area (Å²) in [6.45, 7) is 2.06. The number of nitrogen functional groups attached to an aromatic ring is 1. The molecule has 0 atom stereocenters. The number of nitrogens with two attached hydrogens (primary N) is 1. The van der Waals surface area contributed by atoms with Gasteiger partial charge in [0.05, 0.1) is 17.4 Å². The first kappa shape index (κ1) is 18.9. The molecular weight excluding hydrogens is 374 g/mol. The molecule has 2 aromatic heterocycles. The summed E-state index contributed by atoms with van der Waals surface area (Å²) in [5, 5.41) is 2.86. The van der Waals surface area contributed by atoms with Crippen LogP contribution >= 0.6 is 0 Å². The third kappa shape index (κ3) is 4.20. The summed E-state index contributed by atoms with van der Waals surface area (Å²) in [4.78, 5) is 39.7. The first-order valence-electron chi connectivity index (χ1n) is 9.63. The summed E-state index contributed by atoms with van der Waals surface area (Å²) < 4.78 is 5.72. The number of carbonyl (C=O) groups excluding carboxylic acids is 2. The van der Waals surface area contributed by atoms with Crippen molar-refractivity contribution in [1.82, 2.24) is 19.9 Å². The highest BCUT2D eigenvalue weighted by Gasteiger charge is 2.24. The van der Waals surface area contributed by atoms with Gasteiger partial charge in [-0.25, -0.2) is 19.7 Å². The molecule has 0 spiro atoms. The lowest BCUT2D eigenvalue weighted by molar-refractivity contribution is 0.112. The zero-order valence-corrected chi connectivity index (χ0v) is 16.0. The molecule has 29 heavy (non-hydrogen) atoms. The van der Waals surface area contributed by atoms with E-state index in [2.05, 4.69) is 20.3 Å². The van der Waals surface area contributed by atoms with Crippen molar-refractivity contribution in [3.63, 3.8) is 0 Å². The Balaban J connectivity index is 1.31. The molecule has 0 unspecified atom stereocenters. The zero-order chi connectivity index (χ0) is 20.2. The first-order valence-corrected chi connectivity index (χ1v) is 9.63. The molecule has 0 radical (unpaired) electrons. The van der Waals surface area contributed by atoms with Gasteiger partial charge in [0.1, 0.15) is 24.1 Å². The van der Waals surface area contributed by atoms with Gasteiger partial charge >= 0.3 is 6.03 Å². The number of nitrogens with zero attached hydrogens (tertiary/aromatic N) is 5. The minimum Gasteiger partial charge on any atom is -0.474 e. The van der Waals surface area contributed by atoms with E-state index in [4.69, 9.17) is 10.5 Å². The van der Waals surface area contributed by atoms with Gasteiger partial charge < -0.3 is 25.6 Å². The van der Waals surface area contributed by atoms with Crippen LogP contribution in [0.25, 0.3) is 0 Å². The van der Waals surface area contributed by atoms with Crippen molar-refractivity contribution in [2.24, 2.45) is 0 Å². The second-order valence-electron chi connectivity index (χ2n) is 7.07. The highest BCUT2D eigenvalue weighted by molar-refractivity contribution is 5.90. The summed E-state index contributed by atoms with van der Waals surface area (Å²) in [6, 6.07) is 3.36. The zero-order valence-electron chi connectivity index (χ0n) is 16.0. The maximum absolute atomic E-state index is 12.5. The highest BCUT2D eigenvalue weighted by Crippen LogP contribution is 2.24. The van der Waals surface area contributed by atoms with Crippen LogP contribution in [0.5, 0.6) is 5.88 Å². The Morgan fingerprint density at radius 1 is 1.17 bits per heavy atom. The molecule has 2 aliphatic rings. The Labute approximate surface area is 168 Å². The molecule has 10 heteroatoms. The van der Waals surface area contributed by atoms with Gasteiger partial charge in [0.25, 0.3) is 0 Å². The Morgan fingerprint density at radius 3 is 2.59 bits per heavy atom. The Bertz CT molecular complexity index is 878. The van der Waals surface area contributed by atoms with Crippen LogP contribution in [0.1, 0.15) is 29.6 Å². The fraction of sp³-hybridized carbons (Fsp3) is 0.421. The summed E-state index contributed by atoms with van der Waals surface area (Å²) in [5.41, 5.74) is 6.64. The van der Waals surface area contributed by atoms with Gasteiger partial charge in [-0.05, 0) is 25.3 Å². The van der Waals surface area contributed by atoms with Crippen LogP contribution in [0.15, 0.2) is 24.7 Å². The third-order valence-electron chi connectivity index (χ3n) is 5.21. The van der Waals surface area contributed by atoms with Crippen molar-refractivity contribution in [1.29, 1.82) is 0 Å². The minimum atomic E-state index is -0.197. The lowest BCUT2D eigenvalue weighted by Crippen LogP contribution is -2.50. The molecule has 1 saturated heterocycles. The largest absolute Gasteiger partial charge is 0.474 e. The number of pyridine rings is 1. The van der Waals surface area contributed by atoms with Crippen molar-refractivity contribution >= 4 is 29.6 Å². The second-order valence-corrected chi connectivity index (χ2v) is 7.07. The molecule has 2 amide bonds. The van der Waals surface area contributed by atoms with Crippen molar-refractivity contribution in [2.45, 2.75) is 25.4 Å². The Kier molecular flexibility index (Phi) is 5.41. The number of ether oxygens (including phenoxy) is 1. The van der Waals surface area contributed by atoms with Gasteiger partial charge in [-0.3, -0.25) is 4.79 Å². The molecule has 1 aliphatic heterocycles. The fourth-order valence-corrected chi connectivity index (χ4v) is 3.27. The van der Waals surface area contributed by atoms with E-state index in [1.165, 1.54) is 12.7 Å². The van der Waals surface area contributed by atoms with Crippen LogP contribution in [0, 0.1) is 0 Å². The molecule has 3 N–H and O–H groups in total. The molecular formula is C19H23N7O3. The quantitative estimate of drug-likeness (QED) is 0.728. The topological polar surface area (TPSA) is 127 Å². The maximum atomic E-state index is 12.5. The number of hydrogen-bond acceptors (Lipinski definition) is 8. The van der Waals surface area contributed by atoms with E-state index < -0.39 is 0 Å². The van der Waals surface area contributed by atoms with E-state index in [-0.39, 0.29) is 23.5 Å². The highest BCUT2D eigenvalue weighted by atomic mass is 16.5. The molecule has 1 saturated carbocycles. The maximum Gasteiger partial charge on any atom is 0.322 e. The van der Waals surface area contributed by atoms with Crippen molar-refractivity contribution in [3.8, 4) is 5.88 Å². The molecule has 2 aromatic rings. The van der Waals surface area contributed by atoms with Gasteiger partial charge in [-0.1, -0.05) is 0 Å². The van der Waals surface area contributed by atoms with Gasteiger partial charge in [0, 0.05) is 32.2 Å². The number of carbonyl (C=O) groups is 2. The average molecular weight is 397 g/mol. The van der Waals surface area contributed by atoms with E-state index in [1.54, 1.807) is 23.2 Å². The number of aldehydes is 1. The van der Waals surface area contributed by atoms with Crippen LogP contribution in [0.3, 0.4) is 0 Å². The first-order chi connectivity index (χ1) is 14.1. The fourth-order valence-electron chi connectivity index (χ4n) is 3.27. The summed E-state index contributed by atoms with van der Waals surface area (Å²) in [5.74, 6) is 1.23. The van der Waals surface area contributed by atoms with Gasteiger partial charge in [0.2, 0.25) is 5.88 Å². The number of rotatable bonds is 5. The van der Waals surface area contributed by atoms with E-state index in [9.17, 15) is 9.59 Å². The molecule has 4 rings (SSSR count). The van der Waals surface area contributed by atoms with Crippen LogP contribution in [-0.2, 0) is 0 Å². The van der Waals surface area contributed by atoms with E-state index in [0.29, 0.717) is 49.9 Å². The normalized spacial score (nSPS) is 16.8. The number of anilines is 3. The molecule has 1 aliphatic carbocycles. The van der Waals surface area contributed by atoms with E-state index >= 15 is 0 Å². The minimum absolute atomic E-state index is 0.155.